The largest absolute Gasteiger partial charge is 0.371 e. The molecule has 2 heterocycles. The number of hydrogen-bond donors (Lipinski definition) is 1. The van der Waals surface area contributed by atoms with Crippen LogP contribution in [0.1, 0.15) is 25.7 Å². The highest BCUT2D eigenvalue weighted by Gasteiger charge is 2.44. The van der Waals surface area contributed by atoms with Gasteiger partial charge in [-0.15, -0.1) is 0 Å². The normalized spacial score (nSPS) is 39.4. The van der Waals surface area contributed by atoms with Crippen molar-refractivity contribution in [2.24, 2.45) is 5.92 Å². The first-order valence-corrected chi connectivity index (χ1v) is 6.37. The van der Waals surface area contributed by atoms with Crippen molar-refractivity contribution in [3.8, 4) is 0 Å². The first-order valence-electron chi connectivity index (χ1n) is 6.37. The summed E-state index contributed by atoms with van der Waals surface area (Å²) in [5.74, 6) is 0.322. The summed E-state index contributed by atoms with van der Waals surface area (Å²) < 4.78 is 5.83. The number of amides is 1. The summed E-state index contributed by atoms with van der Waals surface area (Å²) in [6.45, 7) is 1.88. The molecule has 1 amide bonds. The van der Waals surface area contributed by atoms with E-state index in [9.17, 15) is 4.79 Å². The van der Waals surface area contributed by atoms with Crippen molar-refractivity contribution in [3.05, 3.63) is 0 Å². The maximum Gasteiger partial charge on any atom is 0.226 e. The number of likely N-dealkylation sites (tertiary alicyclic amines) is 1. The number of carbonyl (C=O) groups excluding carboxylic acids is 1. The summed E-state index contributed by atoms with van der Waals surface area (Å²) in [6.07, 6.45) is 4.90. The van der Waals surface area contributed by atoms with Gasteiger partial charge < -0.3 is 15.0 Å². The Hall–Kier alpha value is -0.610. The van der Waals surface area contributed by atoms with Gasteiger partial charge in [0, 0.05) is 19.1 Å². The Morgan fingerprint density at radius 1 is 1.38 bits per heavy atom. The molecular formula is C12H20N2O2. The fourth-order valence-electron chi connectivity index (χ4n) is 2.99. The highest BCUT2D eigenvalue weighted by Crippen LogP contribution is 2.32. The van der Waals surface area contributed by atoms with Gasteiger partial charge in [0.1, 0.15) is 0 Å². The minimum absolute atomic E-state index is 0.0931. The molecule has 0 radical (unpaired) electrons. The van der Waals surface area contributed by atoms with Crippen molar-refractivity contribution in [2.75, 3.05) is 20.1 Å². The van der Waals surface area contributed by atoms with Gasteiger partial charge in [0.05, 0.1) is 18.1 Å². The van der Waals surface area contributed by atoms with E-state index in [2.05, 4.69) is 17.3 Å². The summed E-state index contributed by atoms with van der Waals surface area (Å²) in [4.78, 5) is 14.4. The van der Waals surface area contributed by atoms with Crippen LogP contribution in [0, 0.1) is 5.92 Å². The summed E-state index contributed by atoms with van der Waals surface area (Å²) >= 11 is 0. The van der Waals surface area contributed by atoms with Crippen LogP contribution in [0.15, 0.2) is 0 Å². The van der Waals surface area contributed by atoms with Gasteiger partial charge in [0.2, 0.25) is 5.91 Å². The number of morpholine rings is 1. The summed E-state index contributed by atoms with van der Waals surface area (Å²) in [5.41, 5.74) is 0. The number of rotatable bonds is 2. The first kappa shape index (κ1) is 10.5. The van der Waals surface area contributed by atoms with Crippen LogP contribution < -0.4 is 5.32 Å². The molecule has 2 bridgehead atoms. The van der Waals surface area contributed by atoms with E-state index in [-0.39, 0.29) is 24.0 Å². The van der Waals surface area contributed by atoms with E-state index in [4.69, 9.17) is 4.74 Å². The summed E-state index contributed by atoms with van der Waals surface area (Å²) in [7, 11) is 2.11. The molecule has 3 fully saturated rings. The van der Waals surface area contributed by atoms with Crippen LogP contribution in [0.3, 0.4) is 0 Å². The van der Waals surface area contributed by atoms with Gasteiger partial charge in [-0.2, -0.15) is 0 Å². The Labute approximate surface area is 96.3 Å². The van der Waals surface area contributed by atoms with Crippen LogP contribution in [0.5, 0.6) is 0 Å². The number of fused-ring (bicyclic) bond motifs is 2. The van der Waals surface area contributed by atoms with Gasteiger partial charge in [-0.3, -0.25) is 4.79 Å². The molecule has 1 saturated carbocycles. The molecule has 0 aromatic heterocycles. The second-order valence-electron chi connectivity index (χ2n) is 5.50. The lowest BCUT2D eigenvalue weighted by Gasteiger charge is -2.31. The molecule has 0 spiro atoms. The standard InChI is InChI=1S/C12H20N2O2/c1-14-6-9-5-10(11(7-14)16-9)12(15)13-8-3-2-4-8/h8-11H,2-7H2,1H3,(H,13,15)/t9-,10+,11-/m0/s1. The van der Waals surface area contributed by atoms with Gasteiger partial charge in [0.25, 0.3) is 0 Å². The second-order valence-corrected chi connectivity index (χ2v) is 5.50. The minimum atomic E-state index is 0.0931. The lowest BCUT2D eigenvalue weighted by atomic mass is 9.91. The Kier molecular flexibility index (Phi) is 2.64. The zero-order chi connectivity index (χ0) is 11.1. The molecule has 0 aromatic carbocycles. The molecule has 1 aliphatic carbocycles. The maximum absolute atomic E-state index is 12.1. The predicted molar refractivity (Wildman–Crippen MR) is 60.0 cm³/mol. The number of hydrogen-bond acceptors (Lipinski definition) is 3. The molecule has 2 aliphatic heterocycles. The Morgan fingerprint density at radius 3 is 2.88 bits per heavy atom. The molecule has 3 aliphatic rings. The van der Waals surface area contributed by atoms with Crippen LogP contribution in [-0.4, -0.2) is 49.2 Å². The molecule has 3 rings (SSSR count). The van der Waals surface area contributed by atoms with Crippen LogP contribution in [0.25, 0.3) is 0 Å². The van der Waals surface area contributed by atoms with Crippen LogP contribution >= 0.6 is 0 Å². The SMILES string of the molecule is CN1C[C@@H]2C[C@@H](C(=O)NC3CCC3)[C@H](C1)O2. The Morgan fingerprint density at radius 2 is 2.19 bits per heavy atom. The number of carbonyl (C=O) groups is 1. The van der Waals surface area contributed by atoms with Gasteiger partial charge in [0.15, 0.2) is 0 Å². The molecule has 3 atom stereocenters. The monoisotopic (exact) mass is 224 g/mol. The molecule has 2 saturated heterocycles. The van der Waals surface area contributed by atoms with E-state index in [0.717, 1.165) is 32.4 Å². The van der Waals surface area contributed by atoms with Crippen LogP contribution in [0.4, 0.5) is 0 Å². The van der Waals surface area contributed by atoms with Gasteiger partial charge in [-0.25, -0.2) is 0 Å². The van der Waals surface area contributed by atoms with Crippen molar-refractivity contribution in [3.63, 3.8) is 0 Å². The lowest BCUT2D eigenvalue weighted by Crippen LogP contribution is -2.47. The molecule has 4 nitrogen and oxygen atoms in total. The summed E-state index contributed by atoms with van der Waals surface area (Å²) in [5, 5.41) is 3.15. The molecule has 1 N–H and O–H groups in total. The van der Waals surface area contributed by atoms with Crippen LogP contribution in [0.2, 0.25) is 0 Å². The van der Waals surface area contributed by atoms with Gasteiger partial charge >= 0.3 is 0 Å². The molecule has 4 heteroatoms. The molecule has 16 heavy (non-hydrogen) atoms. The minimum Gasteiger partial charge on any atom is -0.371 e. The topological polar surface area (TPSA) is 41.6 Å². The Balaban J connectivity index is 1.60. The Bertz CT molecular complexity index is 291. The van der Waals surface area contributed by atoms with E-state index in [1.807, 2.05) is 0 Å². The number of likely N-dealkylation sites (N-methyl/N-ethyl adjacent to an activating group) is 1. The summed E-state index contributed by atoms with van der Waals surface area (Å²) in [6, 6.07) is 0.450. The smallest absolute Gasteiger partial charge is 0.226 e. The van der Waals surface area contributed by atoms with E-state index in [0.29, 0.717) is 6.04 Å². The van der Waals surface area contributed by atoms with Gasteiger partial charge in [-0.1, -0.05) is 0 Å². The molecule has 0 aromatic rings. The predicted octanol–water partition coefficient (Wildman–Crippen LogP) is 0.374. The van der Waals surface area contributed by atoms with Crippen molar-refractivity contribution in [2.45, 2.75) is 43.9 Å². The second kappa shape index (κ2) is 4.00. The average molecular weight is 224 g/mol. The molecule has 0 unspecified atom stereocenters. The number of ether oxygens (including phenoxy) is 1. The third-order valence-corrected chi connectivity index (χ3v) is 4.13. The van der Waals surface area contributed by atoms with E-state index < -0.39 is 0 Å². The quantitative estimate of drug-likeness (QED) is 0.737. The number of nitrogens with zero attached hydrogens (tertiary/aromatic N) is 1. The average Bonchev–Trinajstić information content (AvgIpc) is 2.47. The lowest BCUT2D eigenvalue weighted by molar-refractivity contribution is -0.129. The maximum atomic E-state index is 12.1. The fraction of sp³-hybridized carbons (Fsp3) is 0.917. The highest BCUT2D eigenvalue weighted by molar-refractivity contribution is 5.80. The van der Waals surface area contributed by atoms with E-state index in [1.165, 1.54) is 6.42 Å². The molecule has 90 valence electrons. The van der Waals surface area contributed by atoms with Crippen molar-refractivity contribution in [1.82, 2.24) is 10.2 Å². The first-order chi connectivity index (χ1) is 7.72. The van der Waals surface area contributed by atoms with E-state index >= 15 is 0 Å². The van der Waals surface area contributed by atoms with E-state index in [1.54, 1.807) is 0 Å². The third kappa shape index (κ3) is 1.84. The van der Waals surface area contributed by atoms with Crippen molar-refractivity contribution < 1.29 is 9.53 Å². The molecular weight excluding hydrogens is 204 g/mol. The zero-order valence-corrected chi connectivity index (χ0v) is 9.82. The zero-order valence-electron chi connectivity index (χ0n) is 9.82. The third-order valence-electron chi connectivity index (χ3n) is 4.13. The highest BCUT2D eigenvalue weighted by atomic mass is 16.5. The number of nitrogens with one attached hydrogen (secondary N) is 1. The van der Waals surface area contributed by atoms with Gasteiger partial charge in [-0.05, 0) is 32.7 Å². The fourth-order valence-corrected chi connectivity index (χ4v) is 2.99. The van der Waals surface area contributed by atoms with Crippen LogP contribution in [-0.2, 0) is 9.53 Å². The van der Waals surface area contributed by atoms with Crippen molar-refractivity contribution in [1.29, 1.82) is 0 Å². The van der Waals surface area contributed by atoms with Crippen molar-refractivity contribution >= 4 is 5.91 Å².